The second-order valence-electron chi connectivity index (χ2n) is 4.26. The largest absolute Gasteiger partial charge is 0.391 e. The molecule has 0 aromatic rings. The van der Waals surface area contributed by atoms with E-state index in [0.29, 0.717) is 0 Å². The summed E-state index contributed by atoms with van der Waals surface area (Å²) in [5, 5.41) is 13.0. The molecule has 0 aliphatic carbocycles. The molecule has 0 radical (unpaired) electrons. The molecule has 0 aromatic carbocycles. The van der Waals surface area contributed by atoms with Crippen molar-refractivity contribution in [2.24, 2.45) is 0 Å². The van der Waals surface area contributed by atoms with Gasteiger partial charge in [0.1, 0.15) is 0 Å². The van der Waals surface area contributed by atoms with Gasteiger partial charge in [0.2, 0.25) is 0 Å². The maximum absolute atomic E-state index is 8.52. The zero-order valence-corrected chi connectivity index (χ0v) is 10.8. The van der Waals surface area contributed by atoms with Gasteiger partial charge in [0, 0.05) is 0 Å². The molecule has 0 aromatic heterocycles. The highest BCUT2D eigenvalue weighted by Crippen LogP contribution is 2.01. The van der Waals surface area contributed by atoms with Crippen LogP contribution in [0.1, 0.15) is 41.5 Å². The highest BCUT2D eigenvalue weighted by atomic mass is 27.2. The molecule has 74 valence electrons. The van der Waals surface area contributed by atoms with Crippen molar-refractivity contribution in [1.29, 1.82) is 0 Å². The van der Waals surface area contributed by atoms with Gasteiger partial charge in [0.15, 0.2) is 0 Å². The molecule has 0 bridgehead atoms. The second kappa shape index (κ2) is 8.11. The summed E-state index contributed by atoms with van der Waals surface area (Å²) in [5.74, 6) is 0. The molecule has 1 nitrogen and oxygen atoms in total. The Morgan fingerprint density at radius 1 is 0.917 bits per heavy atom. The van der Waals surface area contributed by atoms with E-state index in [0.717, 1.165) is 0 Å². The fraction of sp³-hybridized carbons (Fsp3) is 1.00. The van der Waals surface area contributed by atoms with Gasteiger partial charge in [-0.2, -0.15) is 0 Å². The van der Waals surface area contributed by atoms with Crippen LogP contribution >= 0.6 is 0 Å². The lowest BCUT2D eigenvalue weighted by atomic mass is 10.2. The van der Waals surface area contributed by atoms with Crippen molar-refractivity contribution < 1.29 is 5.11 Å². The zero-order chi connectivity index (χ0) is 10.2. The van der Waals surface area contributed by atoms with E-state index < -0.39 is 5.60 Å². The molecule has 0 rings (SSSR count). The lowest BCUT2D eigenvalue weighted by Crippen LogP contribution is -2.10. The fourth-order valence-corrected chi connectivity index (χ4v) is 2.60. The first-order valence-electron chi connectivity index (χ1n) is 5.07. The van der Waals surface area contributed by atoms with Gasteiger partial charge in [-0.25, -0.2) is 0 Å². The normalized spacial score (nSPS) is 10.2. The molecule has 0 spiro atoms. The standard InChI is InChI=1S/C4H10O.3C2H5.Al/c1-4(2,3)5;3*1-2;/h5H,1-3H3;3*1H2,2H3;. The lowest BCUT2D eigenvalue weighted by molar-refractivity contribution is 0.102. The smallest absolute Gasteiger partial charge is 0.261 e. The molecule has 0 saturated carbocycles. The van der Waals surface area contributed by atoms with Gasteiger partial charge < -0.3 is 5.11 Å². The minimum Gasteiger partial charge on any atom is -0.391 e. The number of hydrogen-bond donors (Lipinski definition) is 1. The Morgan fingerprint density at radius 3 is 1.08 bits per heavy atom. The minimum absolute atomic E-state index is 0.171. The Bertz CT molecular complexity index is 70.8. The average Bonchev–Trinajstić information content (AvgIpc) is 1.88. The summed E-state index contributed by atoms with van der Waals surface area (Å²) in [6.45, 7) is 12.2. The molecular formula is C10H25AlO. The van der Waals surface area contributed by atoms with Crippen LogP contribution < -0.4 is 0 Å². The van der Waals surface area contributed by atoms with Crippen LogP contribution in [-0.4, -0.2) is 24.9 Å². The molecule has 0 heterocycles. The summed E-state index contributed by atoms with van der Waals surface area (Å²) in [6, 6.07) is 0. The molecule has 12 heavy (non-hydrogen) atoms. The first-order valence-corrected chi connectivity index (χ1v) is 7.52. The molecule has 0 saturated heterocycles. The third-order valence-electron chi connectivity index (χ3n) is 1.73. The van der Waals surface area contributed by atoms with Crippen LogP contribution in [0.4, 0.5) is 0 Å². The van der Waals surface area contributed by atoms with Crippen molar-refractivity contribution in [1.82, 2.24) is 0 Å². The highest BCUT2D eigenvalue weighted by Gasteiger charge is 2.05. The lowest BCUT2D eigenvalue weighted by Gasteiger charge is -2.04. The Balaban J connectivity index is 0. The Hall–Kier alpha value is 0.492. The summed E-state index contributed by atoms with van der Waals surface area (Å²) < 4.78 is 0. The number of rotatable bonds is 3. The minimum atomic E-state index is -0.500. The third kappa shape index (κ3) is 22.4. The molecule has 0 aliphatic heterocycles. The second-order valence-corrected chi connectivity index (χ2v) is 8.44. The summed E-state index contributed by atoms with van der Waals surface area (Å²) in [5.41, 5.74) is -0.500. The van der Waals surface area contributed by atoms with Crippen LogP contribution in [0.3, 0.4) is 0 Å². The van der Waals surface area contributed by atoms with E-state index in [1.54, 1.807) is 20.8 Å². The van der Waals surface area contributed by atoms with Gasteiger partial charge in [0.05, 0.1) is 5.60 Å². The van der Waals surface area contributed by atoms with E-state index >= 15 is 0 Å². The summed E-state index contributed by atoms with van der Waals surface area (Å²) >= 11 is -0.171. The molecule has 2 heteroatoms. The van der Waals surface area contributed by atoms with Crippen molar-refractivity contribution in [3.8, 4) is 0 Å². The summed E-state index contributed by atoms with van der Waals surface area (Å²) in [7, 11) is 0. The zero-order valence-electron chi connectivity index (χ0n) is 9.65. The van der Waals surface area contributed by atoms with Crippen molar-refractivity contribution in [3.05, 3.63) is 0 Å². The van der Waals surface area contributed by atoms with E-state index in [2.05, 4.69) is 20.8 Å². The SMILES string of the molecule is CC(C)(C)O.C[CH2][Al]([CH2]C)[CH2]C. The van der Waals surface area contributed by atoms with Crippen LogP contribution in [0.15, 0.2) is 0 Å². The summed E-state index contributed by atoms with van der Waals surface area (Å²) in [6.07, 6.45) is 0. The maximum Gasteiger partial charge on any atom is 0.261 e. The quantitative estimate of drug-likeness (QED) is 0.674. The predicted octanol–water partition coefficient (Wildman–Crippen LogP) is 3.32. The van der Waals surface area contributed by atoms with Crippen LogP contribution in [0.2, 0.25) is 15.8 Å². The van der Waals surface area contributed by atoms with E-state index in [9.17, 15) is 0 Å². The van der Waals surface area contributed by atoms with Crippen molar-refractivity contribution >= 4 is 14.1 Å². The molecule has 0 atom stereocenters. The molecule has 0 amide bonds. The van der Waals surface area contributed by atoms with Crippen LogP contribution in [0.25, 0.3) is 0 Å². The number of aliphatic hydroxyl groups is 1. The molecular weight excluding hydrogens is 163 g/mol. The third-order valence-corrected chi connectivity index (χ3v) is 5.20. The van der Waals surface area contributed by atoms with Crippen LogP contribution in [0, 0.1) is 0 Å². The topological polar surface area (TPSA) is 20.2 Å². The van der Waals surface area contributed by atoms with Gasteiger partial charge in [-0.1, -0.05) is 36.6 Å². The highest BCUT2D eigenvalue weighted by molar-refractivity contribution is 6.58. The van der Waals surface area contributed by atoms with E-state index in [1.807, 2.05) is 0 Å². The Kier molecular flexibility index (Phi) is 10.1. The van der Waals surface area contributed by atoms with Crippen LogP contribution in [0.5, 0.6) is 0 Å². The monoisotopic (exact) mass is 188 g/mol. The van der Waals surface area contributed by atoms with Gasteiger partial charge in [0.25, 0.3) is 14.1 Å². The van der Waals surface area contributed by atoms with Crippen LogP contribution in [-0.2, 0) is 0 Å². The van der Waals surface area contributed by atoms with E-state index in [4.69, 9.17) is 5.11 Å². The molecule has 0 fully saturated rings. The predicted molar refractivity (Wildman–Crippen MR) is 59.2 cm³/mol. The molecule has 0 aliphatic rings. The molecule has 0 unspecified atom stereocenters. The first kappa shape index (κ1) is 15.0. The Labute approximate surface area is 82.6 Å². The van der Waals surface area contributed by atoms with Gasteiger partial charge in [-0.15, -0.1) is 0 Å². The van der Waals surface area contributed by atoms with Gasteiger partial charge in [-0.3, -0.25) is 0 Å². The van der Waals surface area contributed by atoms with Crippen molar-refractivity contribution in [3.63, 3.8) is 0 Å². The van der Waals surface area contributed by atoms with Gasteiger partial charge in [-0.05, 0) is 20.8 Å². The fourth-order valence-electron chi connectivity index (χ4n) is 0.866. The van der Waals surface area contributed by atoms with E-state index in [1.165, 1.54) is 15.8 Å². The average molecular weight is 188 g/mol. The summed E-state index contributed by atoms with van der Waals surface area (Å²) in [4.78, 5) is 0. The number of hydrogen-bond acceptors (Lipinski definition) is 1. The van der Waals surface area contributed by atoms with E-state index in [-0.39, 0.29) is 14.1 Å². The maximum atomic E-state index is 8.52. The van der Waals surface area contributed by atoms with Crippen molar-refractivity contribution in [2.45, 2.75) is 63.0 Å². The van der Waals surface area contributed by atoms with Gasteiger partial charge >= 0.3 is 0 Å². The Morgan fingerprint density at radius 2 is 1.08 bits per heavy atom. The molecule has 1 N–H and O–H groups in total. The first-order chi connectivity index (χ1) is 5.35. The van der Waals surface area contributed by atoms with Crippen molar-refractivity contribution in [2.75, 3.05) is 0 Å².